The first kappa shape index (κ1) is 18.5. The Labute approximate surface area is 154 Å². The smallest absolute Gasteiger partial charge is 0.255 e. The van der Waals surface area contributed by atoms with Crippen molar-refractivity contribution in [1.29, 1.82) is 0 Å². The quantitative estimate of drug-likeness (QED) is 0.911. The zero-order chi connectivity index (χ0) is 18.9. The number of hydrogen-bond donors (Lipinski definition) is 1. The topological polar surface area (TPSA) is 67.5 Å². The fourth-order valence-corrected chi connectivity index (χ4v) is 3.21. The number of aromatic nitrogens is 2. The molecule has 0 spiro atoms. The van der Waals surface area contributed by atoms with Crippen molar-refractivity contribution in [3.05, 3.63) is 51.2 Å². The minimum atomic E-state index is -0.162. The summed E-state index contributed by atoms with van der Waals surface area (Å²) in [6, 6.07) is 5.93. The fraction of sp³-hybridized carbons (Fsp3) is 0.500. The third-order valence-electron chi connectivity index (χ3n) is 4.71. The summed E-state index contributed by atoms with van der Waals surface area (Å²) in [5, 5.41) is 0. The Balaban J connectivity index is 1.80. The molecule has 1 aromatic heterocycles. The Morgan fingerprint density at radius 3 is 2.58 bits per heavy atom. The summed E-state index contributed by atoms with van der Waals surface area (Å²) in [4.78, 5) is 22.5. The molecule has 0 aliphatic carbocycles. The minimum absolute atomic E-state index is 0.0167. The molecule has 0 radical (unpaired) electrons. The summed E-state index contributed by atoms with van der Waals surface area (Å²) in [5.41, 5.74) is 2.66. The van der Waals surface area contributed by atoms with Crippen LogP contribution < -0.4 is 15.0 Å². The van der Waals surface area contributed by atoms with Crippen molar-refractivity contribution < 1.29 is 9.47 Å². The van der Waals surface area contributed by atoms with Crippen LogP contribution in [0.5, 0.6) is 11.5 Å². The Bertz CT molecular complexity index is 852. The number of hydrogen-bond acceptors (Lipinski definition) is 5. The van der Waals surface area contributed by atoms with E-state index >= 15 is 0 Å². The van der Waals surface area contributed by atoms with Crippen LogP contribution in [-0.2, 0) is 24.9 Å². The van der Waals surface area contributed by atoms with Crippen LogP contribution in [0.1, 0.15) is 43.4 Å². The van der Waals surface area contributed by atoms with Crippen LogP contribution in [0.2, 0.25) is 0 Å². The highest BCUT2D eigenvalue weighted by Gasteiger charge is 2.25. The summed E-state index contributed by atoms with van der Waals surface area (Å²) < 4.78 is 10.7. The first-order chi connectivity index (χ1) is 12.3. The van der Waals surface area contributed by atoms with Gasteiger partial charge in [-0.1, -0.05) is 26.8 Å². The normalized spacial score (nSPS) is 14.8. The zero-order valence-corrected chi connectivity index (χ0v) is 16.2. The lowest BCUT2D eigenvalue weighted by Gasteiger charge is -2.29. The number of nitrogens with zero attached hydrogens (tertiary/aromatic N) is 2. The largest absolute Gasteiger partial charge is 0.493 e. The van der Waals surface area contributed by atoms with Crippen LogP contribution in [0.3, 0.4) is 0 Å². The van der Waals surface area contributed by atoms with Gasteiger partial charge in [0.2, 0.25) is 0 Å². The van der Waals surface area contributed by atoms with Crippen LogP contribution in [0.25, 0.3) is 0 Å². The predicted molar refractivity (Wildman–Crippen MR) is 101 cm³/mol. The second kappa shape index (κ2) is 7.11. The molecule has 0 atom stereocenters. The van der Waals surface area contributed by atoms with Gasteiger partial charge in [-0.15, -0.1) is 0 Å². The number of methoxy groups -OCH3 is 2. The van der Waals surface area contributed by atoms with Gasteiger partial charge in [0.25, 0.3) is 5.56 Å². The van der Waals surface area contributed by atoms with E-state index in [1.807, 2.05) is 18.2 Å². The van der Waals surface area contributed by atoms with Gasteiger partial charge in [0, 0.05) is 31.5 Å². The summed E-state index contributed by atoms with van der Waals surface area (Å²) in [6.45, 7) is 8.41. The molecule has 140 valence electrons. The van der Waals surface area contributed by atoms with Gasteiger partial charge in [-0.2, -0.15) is 0 Å². The van der Waals surface area contributed by atoms with E-state index in [1.165, 1.54) is 0 Å². The van der Waals surface area contributed by atoms with Crippen molar-refractivity contribution in [2.24, 2.45) is 0 Å². The molecule has 3 rings (SSSR count). The van der Waals surface area contributed by atoms with Crippen LogP contribution in [0, 0.1) is 0 Å². The number of aromatic amines is 1. The number of H-pyrrole nitrogens is 1. The molecule has 26 heavy (non-hydrogen) atoms. The van der Waals surface area contributed by atoms with Gasteiger partial charge < -0.3 is 14.5 Å². The van der Waals surface area contributed by atoms with Crippen molar-refractivity contribution in [2.45, 2.75) is 45.7 Å². The Morgan fingerprint density at radius 1 is 1.19 bits per heavy atom. The van der Waals surface area contributed by atoms with E-state index in [9.17, 15) is 4.79 Å². The molecular weight excluding hydrogens is 330 g/mol. The van der Waals surface area contributed by atoms with Crippen LogP contribution in [0.15, 0.2) is 23.0 Å². The van der Waals surface area contributed by atoms with Crippen LogP contribution in [-0.4, -0.2) is 35.6 Å². The zero-order valence-electron chi connectivity index (χ0n) is 16.2. The monoisotopic (exact) mass is 357 g/mol. The average Bonchev–Trinajstić information content (AvgIpc) is 2.61. The first-order valence-electron chi connectivity index (χ1n) is 8.87. The highest BCUT2D eigenvalue weighted by atomic mass is 16.5. The number of rotatable bonds is 4. The number of fused-ring (bicyclic) bond motifs is 1. The first-order valence-corrected chi connectivity index (χ1v) is 8.87. The molecule has 0 saturated carbocycles. The van der Waals surface area contributed by atoms with Crippen LogP contribution in [0.4, 0.5) is 0 Å². The maximum absolute atomic E-state index is 12.6. The van der Waals surface area contributed by atoms with Gasteiger partial charge in [-0.05, 0) is 17.7 Å². The highest BCUT2D eigenvalue weighted by Crippen LogP contribution is 2.29. The van der Waals surface area contributed by atoms with Gasteiger partial charge >= 0.3 is 0 Å². The van der Waals surface area contributed by atoms with Gasteiger partial charge in [-0.3, -0.25) is 9.69 Å². The fourth-order valence-electron chi connectivity index (χ4n) is 3.21. The van der Waals surface area contributed by atoms with E-state index in [0.717, 1.165) is 53.7 Å². The van der Waals surface area contributed by atoms with Crippen LogP contribution >= 0.6 is 0 Å². The molecule has 2 aromatic rings. The minimum Gasteiger partial charge on any atom is -0.493 e. The summed E-state index contributed by atoms with van der Waals surface area (Å²) in [6.07, 6.45) is 0.787. The molecule has 1 aliphatic rings. The lowest BCUT2D eigenvalue weighted by molar-refractivity contribution is 0.240. The van der Waals surface area contributed by atoms with Crippen molar-refractivity contribution in [1.82, 2.24) is 14.9 Å². The van der Waals surface area contributed by atoms with E-state index < -0.39 is 0 Å². The maximum atomic E-state index is 12.6. The number of nitrogens with one attached hydrogen (secondary N) is 1. The molecular formula is C20H27N3O3. The van der Waals surface area contributed by atoms with Gasteiger partial charge in [0.1, 0.15) is 5.82 Å². The molecule has 6 heteroatoms. The second-order valence-corrected chi connectivity index (χ2v) is 7.74. The summed E-state index contributed by atoms with van der Waals surface area (Å²) in [7, 11) is 3.26. The van der Waals surface area contributed by atoms with Crippen molar-refractivity contribution >= 4 is 0 Å². The van der Waals surface area contributed by atoms with E-state index in [2.05, 4.69) is 30.7 Å². The third kappa shape index (κ3) is 3.75. The van der Waals surface area contributed by atoms with Crippen molar-refractivity contribution in [3.8, 4) is 11.5 Å². The second-order valence-electron chi connectivity index (χ2n) is 7.74. The lowest BCUT2D eigenvalue weighted by Crippen LogP contribution is -2.37. The molecule has 1 aliphatic heterocycles. The Morgan fingerprint density at radius 2 is 1.92 bits per heavy atom. The molecule has 0 fully saturated rings. The average molecular weight is 357 g/mol. The highest BCUT2D eigenvalue weighted by molar-refractivity contribution is 5.43. The molecule has 6 nitrogen and oxygen atoms in total. The van der Waals surface area contributed by atoms with Gasteiger partial charge in [0.05, 0.1) is 25.5 Å². The Hall–Kier alpha value is -2.34. The number of benzene rings is 1. The number of ether oxygens (including phenoxy) is 2. The van der Waals surface area contributed by atoms with Crippen molar-refractivity contribution in [2.75, 3.05) is 20.8 Å². The Kier molecular flexibility index (Phi) is 5.05. The molecule has 0 amide bonds. The molecule has 2 heterocycles. The molecule has 1 aromatic carbocycles. The standard InChI is InChI=1S/C20H27N3O3/c1-20(2,3)19-21-15-8-9-23(12-14(15)18(24)22-19)11-13-6-7-16(25-4)17(10-13)26-5/h6-7,10H,8-9,11-12H2,1-5H3,(H,21,22,24). The lowest BCUT2D eigenvalue weighted by atomic mass is 9.95. The molecule has 0 bridgehead atoms. The summed E-state index contributed by atoms with van der Waals surface area (Å²) >= 11 is 0. The van der Waals surface area contributed by atoms with E-state index in [4.69, 9.17) is 14.5 Å². The van der Waals surface area contributed by atoms with Gasteiger partial charge in [0.15, 0.2) is 11.5 Å². The molecule has 0 unspecified atom stereocenters. The molecule has 1 N–H and O–H groups in total. The van der Waals surface area contributed by atoms with Crippen molar-refractivity contribution in [3.63, 3.8) is 0 Å². The third-order valence-corrected chi connectivity index (χ3v) is 4.71. The predicted octanol–water partition coefficient (Wildman–Crippen LogP) is 2.64. The maximum Gasteiger partial charge on any atom is 0.255 e. The van der Waals surface area contributed by atoms with E-state index in [0.29, 0.717) is 6.54 Å². The van der Waals surface area contributed by atoms with Gasteiger partial charge in [-0.25, -0.2) is 4.98 Å². The summed E-state index contributed by atoms with van der Waals surface area (Å²) in [5.74, 6) is 2.20. The van der Waals surface area contributed by atoms with E-state index in [1.54, 1.807) is 14.2 Å². The van der Waals surface area contributed by atoms with E-state index in [-0.39, 0.29) is 11.0 Å². The SMILES string of the molecule is COc1ccc(CN2CCc3nc(C(C)(C)C)[nH]c(=O)c3C2)cc1OC. The molecule has 0 saturated heterocycles.